The van der Waals surface area contributed by atoms with Crippen LogP contribution in [0.3, 0.4) is 0 Å². The number of nitrogen functional groups attached to an aromatic ring is 1. The van der Waals surface area contributed by atoms with Crippen molar-refractivity contribution in [3.63, 3.8) is 0 Å². The summed E-state index contributed by atoms with van der Waals surface area (Å²) in [5.41, 5.74) is 10.3. The SMILES string of the molecule is COc1cc(C(=O)N2CCCc3c(N)cccc32)ccc1OCc1cnn(C)c1.Cl.Cl. The first-order valence-electron chi connectivity index (χ1n) is 9.54. The average Bonchev–Trinajstić information content (AvgIpc) is 3.16. The molecule has 166 valence electrons. The highest BCUT2D eigenvalue weighted by Gasteiger charge is 2.25. The number of nitrogens with two attached hydrogens (primary N) is 1. The molecule has 0 spiro atoms. The first-order chi connectivity index (χ1) is 14.1. The maximum atomic E-state index is 13.2. The van der Waals surface area contributed by atoms with Crippen LogP contribution in [-0.4, -0.2) is 29.3 Å². The Morgan fingerprint density at radius 3 is 2.71 bits per heavy atom. The number of aryl methyl sites for hydroxylation is 1. The van der Waals surface area contributed by atoms with Crippen molar-refractivity contribution in [2.45, 2.75) is 19.4 Å². The molecule has 0 aliphatic carbocycles. The molecule has 4 rings (SSSR count). The lowest BCUT2D eigenvalue weighted by atomic mass is 9.99. The molecular formula is C22H26Cl2N4O3. The van der Waals surface area contributed by atoms with Gasteiger partial charge < -0.3 is 20.1 Å². The number of rotatable bonds is 5. The van der Waals surface area contributed by atoms with Crippen molar-refractivity contribution in [2.24, 2.45) is 7.05 Å². The minimum Gasteiger partial charge on any atom is -0.493 e. The van der Waals surface area contributed by atoms with Crippen LogP contribution in [0.4, 0.5) is 11.4 Å². The van der Waals surface area contributed by atoms with Crippen molar-refractivity contribution in [1.29, 1.82) is 0 Å². The van der Waals surface area contributed by atoms with Crippen LogP contribution in [0.25, 0.3) is 0 Å². The number of amides is 1. The third kappa shape index (κ3) is 5.06. The summed E-state index contributed by atoms with van der Waals surface area (Å²) in [6, 6.07) is 11.0. The monoisotopic (exact) mass is 464 g/mol. The second-order valence-corrected chi connectivity index (χ2v) is 7.08. The van der Waals surface area contributed by atoms with Crippen molar-refractivity contribution >= 4 is 42.1 Å². The van der Waals surface area contributed by atoms with Gasteiger partial charge in [-0.05, 0) is 48.7 Å². The van der Waals surface area contributed by atoms with Crippen LogP contribution in [0.2, 0.25) is 0 Å². The molecule has 1 aliphatic heterocycles. The van der Waals surface area contributed by atoms with Gasteiger partial charge in [-0.25, -0.2) is 0 Å². The van der Waals surface area contributed by atoms with Crippen molar-refractivity contribution in [2.75, 3.05) is 24.3 Å². The molecule has 9 heteroatoms. The molecular weight excluding hydrogens is 439 g/mol. The van der Waals surface area contributed by atoms with Gasteiger partial charge in [-0.1, -0.05) is 6.07 Å². The predicted molar refractivity (Wildman–Crippen MR) is 126 cm³/mol. The van der Waals surface area contributed by atoms with Gasteiger partial charge in [-0.2, -0.15) is 5.10 Å². The number of methoxy groups -OCH3 is 1. The third-order valence-electron chi connectivity index (χ3n) is 5.10. The van der Waals surface area contributed by atoms with Crippen molar-refractivity contribution in [3.8, 4) is 11.5 Å². The Balaban J connectivity index is 0.00000171. The molecule has 2 aromatic carbocycles. The molecule has 0 unspecified atom stereocenters. The number of hydrogen-bond donors (Lipinski definition) is 1. The Hall–Kier alpha value is -2.90. The van der Waals surface area contributed by atoms with Crippen LogP contribution < -0.4 is 20.1 Å². The Bertz CT molecular complexity index is 1050. The quantitative estimate of drug-likeness (QED) is 0.576. The fourth-order valence-corrected chi connectivity index (χ4v) is 3.65. The fourth-order valence-electron chi connectivity index (χ4n) is 3.65. The van der Waals surface area contributed by atoms with Crippen molar-refractivity contribution < 1.29 is 14.3 Å². The number of ether oxygens (including phenoxy) is 2. The second-order valence-electron chi connectivity index (χ2n) is 7.08. The molecule has 31 heavy (non-hydrogen) atoms. The minimum atomic E-state index is -0.0753. The highest BCUT2D eigenvalue weighted by Crippen LogP contribution is 2.34. The van der Waals surface area contributed by atoms with Gasteiger partial charge in [-0.15, -0.1) is 24.8 Å². The summed E-state index contributed by atoms with van der Waals surface area (Å²) in [6.45, 7) is 1.03. The smallest absolute Gasteiger partial charge is 0.258 e. The average molecular weight is 465 g/mol. The van der Waals surface area contributed by atoms with E-state index in [1.807, 2.05) is 31.4 Å². The van der Waals surface area contributed by atoms with E-state index in [9.17, 15) is 4.79 Å². The van der Waals surface area contributed by atoms with Crippen LogP contribution in [-0.2, 0) is 20.1 Å². The highest BCUT2D eigenvalue weighted by atomic mass is 35.5. The van der Waals surface area contributed by atoms with E-state index in [0.717, 1.165) is 35.3 Å². The lowest BCUT2D eigenvalue weighted by Crippen LogP contribution is -2.35. The number of halogens is 2. The normalized spacial score (nSPS) is 12.3. The van der Waals surface area contributed by atoms with E-state index >= 15 is 0 Å². The van der Waals surface area contributed by atoms with E-state index in [2.05, 4.69) is 5.10 Å². The summed E-state index contributed by atoms with van der Waals surface area (Å²) in [6.07, 6.45) is 5.42. The molecule has 2 N–H and O–H groups in total. The topological polar surface area (TPSA) is 82.6 Å². The number of hydrogen-bond acceptors (Lipinski definition) is 5. The Labute approximate surface area is 193 Å². The number of carbonyl (C=O) groups is 1. The van der Waals surface area contributed by atoms with Crippen LogP contribution in [0, 0.1) is 0 Å². The summed E-state index contributed by atoms with van der Waals surface area (Å²) >= 11 is 0. The number of anilines is 2. The zero-order valence-electron chi connectivity index (χ0n) is 17.4. The maximum absolute atomic E-state index is 13.2. The highest BCUT2D eigenvalue weighted by molar-refractivity contribution is 6.07. The van der Waals surface area contributed by atoms with Gasteiger partial charge in [0.15, 0.2) is 11.5 Å². The molecule has 7 nitrogen and oxygen atoms in total. The number of aromatic nitrogens is 2. The molecule has 1 aliphatic rings. The standard InChI is InChI=1S/C22H24N4O3.2ClH/c1-25-13-15(12-24-25)14-29-20-9-8-16(11-21(20)28-2)22(27)26-10-4-5-17-18(23)6-3-7-19(17)26;;/h3,6-9,11-13H,4-5,10,14,23H2,1-2H3;2*1H. The largest absolute Gasteiger partial charge is 0.493 e. The van der Waals surface area contributed by atoms with Crippen molar-refractivity contribution in [3.05, 3.63) is 65.5 Å². The Kier molecular flexibility index (Phi) is 8.19. The number of fused-ring (bicyclic) bond motifs is 1. The Morgan fingerprint density at radius 2 is 2.00 bits per heavy atom. The number of nitrogens with zero attached hydrogens (tertiary/aromatic N) is 3. The van der Waals surface area contributed by atoms with Crippen LogP contribution >= 0.6 is 24.8 Å². The molecule has 0 atom stereocenters. The van der Waals surface area contributed by atoms with E-state index < -0.39 is 0 Å². The predicted octanol–water partition coefficient (Wildman–Crippen LogP) is 4.03. The van der Waals surface area contributed by atoms with E-state index in [1.54, 1.807) is 41.1 Å². The second kappa shape index (κ2) is 10.4. The summed E-state index contributed by atoms with van der Waals surface area (Å²) in [5.74, 6) is 1.02. The van der Waals surface area contributed by atoms with E-state index in [4.69, 9.17) is 15.2 Å². The van der Waals surface area contributed by atoms with E-state index in [1.165, 1.54) is 0 Å². The molecule has 1 aromatic heterocycles. The molecule has 0 saturated heterocycles. The van der Waals surface area contributed by atoms with Gasteiger partial charge in [0.05, 0.1) is 13.3 Å². The first kappa shape index (κ1) is 24.4. The maximum Gasteiger partial charge on any atom is 0.258 e. The molecule has 0 fully saturated rings. The van der Waals surface area contributed by atoms with Crippen LogP contribution in [0.5, 0.6) is 11.5 Å². The van der Waals surface area contributed by atoms with Gasteiger partial charge in [0.2, 0.25) is 0 Å². The molecule has 0 bridgehead atoms. The van der Waals surface area contributed by atoms with Crippen LogP contribution in [0.15, 0.2) is 48.8 Å². The minimum absolute atomic E-state index is 0. The van der Waals surface area contributed by atoms with E-state index in [-0.39, 0.29) is 30.7 Å². The first-order valence-corrected chi connectivity index (χ1v) is 9.54. The van der Waals surface area contributed by atoms with Gasteiger partial charge in [0.25, 0.3) is 5.91 Å². The zero-order valence-corrected chi connectivity index (χ0v) is 19.0. The van der Waals surface area contributed by atoms with Gasteiger partial charge in [-0.3, -0.25) is 9.48 Å². The fraction of sp³-hybridized carbons (Fsp3) is 0.273. The summed E-state index contributed by atoms with van der Waals surface area (Å²) in [4.78, 5) is 15.0. The summed E-state index contributed by atoms with van der Waals surface area (Å²) in [7, 11) is 3.42. The third-order valence-corrected chi connectivity index (χ3v) is 5.10. The molecule has 2 heterocycles. The van der Waals surface area contributed by atoms with Crippen LogP contribution in [0.1, 0.15) is 27.9 Å². The lowest BCUT2D eigenvalue weighted by molar-refractivity contribution is 0.0984. The molecule has 3 aromatic rings. The molecule has 0 radical (unpaired) electrons. The lowest BCUT2D eigenvalue weighted by Gasteiger charge is -2.30. The zero-order chi connectivity index (χ0) is 20.4. The number of benzene rings is 2. The van der Waals surface area contributed by atoms with Gasteiger partial charge in [0.1, 0.15) is 6.61 Å². The number of carbonyl (C=O) groups excluding carboxylic acids is 1. The van der Waals surface area contributed by atoms with Crippen molar-refractivity contribution in [1.82, 2.24) is 9.78 Å². The van der Waals surface area contributed by atoms with Gasteiger partial charge >= 0.3 is 0 Å². The Morgan fingerprint density at radius 1 is 1.19 bits per heavy atom. The summed E-state index contributed by atoms with van der Waals surface area (Å²) in [5, 5.41) is 4.13. The van der Waals surface area contributed by atoms with Gasteiger partial charge in [0, 0.05) is 42.3 Å². The molecule has 1 amide bonds. The van der Waals surface area contributed by atoms with E-state index in [0.29, 0.717) is 30.2 Å². The summed E-state index contributed by atoms with van der Waals surface area (Å²) < 4.78 is 13.1. The molecule has 0 saturated carbocycles.